The lowest BCUT2D eigenvalue weighted by Gasteiger charge is -2.28. The van der Waals surface area contributed by atoms with Crippen LogP contribution in [0.3, 0.4) is 0 Å². The van der Waals surface area contributed by atoms with Crippen molar-refractivity contribution in [1.82, 2.24) is 25.0 Å². The number of nitrogens with one attached hydrogen (secondary N) is 1. The molecule has 0 amide bonds. The van der Waals surface area contributed by atoms with E-state index in [0.717, 1.165) is 24.2 Å². The molecule has 1 aromatic carbocycles. The van der Waals surface area contributed by atoms with Crippen LogP contribution in [-0.2, 0) is 10.5 Å². The Hall–Kier alpha value is -2.38. The topological polar surface area (TPSA) is 138 Å². The number of rotatable bonds is 10. The Morgan fingerprint density at radius 1 is 1.33 bits per heavy atom. The van der Waals surface area contributed by atoms with Crippen LogP contribution >= 0.6 is 11.8 Å². The van der Waals surface area contributed by atoms with Crippen LogP contribution < -0.4 is 5.32 Å². The number of halogens is 1. The number of nitrogens with zero attached hydrogens (tertiary/aromatic N) is 5. The van der Waals surface area contributed by atoms with E-state index in [4.69, 9.17) is 9.84 Å². The minimum absolute atomic E-state index is 0.0695. The highest BCUT2D eigenvalue weighted by Gasteiger charge is 2.51. The van der Waals surface area contributed by atoms with Gasteiger partial charge in [0.1, 0.15) is 11.9 Å². The number of hydrogen-bond acceptors (Lipinski definition) is 10. The number of thioether (sulfide) groups is 1. The van der Waals surface area contributed by atoms with Crippen LogP contribution in [0.4, 0.5) is 10.2 Å². The predicted octanol–water partition coefficient (Wildman–Crippen LogP) is 2.32. The van der Waals surface area contributed by atoms with Gasteiger partial charge in [0, 0.05) is 24.1 Å². The Balaban J connectivity index is 1.45. The van der Waals surface area contributed by atoms with Gasteiger partial charge in [-0.05, 0) is 43.4 Å². The first-order chi connectivity index (χ1) is 17.4. The summed E-state index contributed by atoms with van der Waals surface area (Å²) in [6, 6.07) is 5.29. The van der Waals surface area contributed by atoms with Crippen molar-refractivity contribution in [3.63, 3.8) is 0 Å². The Labute approximate surface area is 212 Å². The van der Waals surface area contributed by atoms with E-state index in [2.05, 4.69) is 32.5 Å². The van der Waals surface area contributed by atoms with Gasteiger partial charge in [-0.1, -0.05) is 36.0 Å². The van der Waals surface area contributed by atoms with E-state index in [1.54, 1.807) is 6.92 Å². The number of benzene rings is 1. The van der Waals surface area contributed by atoms with Crippen LogP contribution in [0.5, 0.6) is 0 Å². The first-order valence-electron chi connectivity index (χ1n) is 12.3. The normalized spacial score (nSPS) is 27.6. The highest BCUT2D eigenvalue weighted by atomic mass is 32.2. The molecular formula is C24H31FN6O4S. The standard InChI is InChI=1S/C24H31FN6O4S/c1-3-10-36-23-27-21(26-17-12-15(17)14-4-5-16(25)13(2)11-14)19-22(28-23)31(30-29-19)24(34)7-6-18(20(24)33)35-9-8-32/h4-5,11,15,17-18,20,32-34H,3,6-10,12H2,1-2H3,(H,26,27,28)/t15-,17+,18-,20+,24-/m0/s1. The summed E-state index contributed by atoms with van der Waals surface area (Å²) >= 11 is 1.49. The second kappa shape index (κ2) is 10.2. The molecule has 12 heteroatoms. The molecule has 0 aliphatic heterocycles. The molecule has 0 saturated heterocycles. The number of fused-ring (bicyclic) bond motifs is 1. The molecular weight excluding hydrogens is 487 g/mol. The minimum atomic E-state index is -1.75. The van der Waals surface area contributed by atoms with Crippen molar-refractivity contribution < 1.29 is 24.4 Å². The van der Waals surface area contributed by atoms with E-state index >= 15 is 0 Å². The van der Waals surface area contributed by atoms with Gasteiger partial charge >= 0.3 is 0 Å². The second-order valence-corrected chi connectivity index (χ2v) is 10.5. The van der Waals surface area contributed by atoms with Gasteiger partial charge in [-0.15, -0.1) is 5.10 Å². The van der Waals surface area contributed by atoms with Crippen molar-refractivity contribution >= 4 is 28.7 Å². The molecule has 5 rings (SSSR count). The zero-order chi connectivity index (χ0) is 25.4. The number of aliphatic hydroxyl groups is 3. The van der Waals surface area contributed by atoms with Gasteiger partial charge in [0.25, 0.3) is 0 Å². The van der Waals surface area contributed by atoms with E-state index in [1.807, 2.05) is 12.1 Å². The van der Waals surface area contributed by atoms with Gasteiger partial charge in [0.15, 0.2) is 27.9 Å². The fraction of sp³-hybridized carbons (Fsp3) is 0.583. The lowest BCUT2D eigenvalue weighted by Crippen LogP contribution is -2.46. The summed E-state index contributed by atoms with van der Waals surface area (Å²) in [5.74, 6) is 1.34. The van der Waals surface area contributed by atoms with Crippen molar-refractivity contribution in [2.24, 2.45) is 0 Å². The Morgan fingerprint density at radius 3 is 2.92 bits per heavy atom. The van der Waals surface area contributed by atoms with E-state index in [0.29, 0.717) is 34.1 Å². The van der Waals surface area contributed by atoms with Crippen LogP contribution in [-0.4, -0.2) is 77.5 Å². The summed E-state index contributed by atoms with van der Waals surface area (Å²) in [5, 5.41) is 43.8. The summed E-state index contributed by atoms with van der Waals surface area (Å²) in [5.41, 5.74) is 0.662. The zero-order valence-corrected chi connectivity index (χ0v) is 21.1. The maximum absolute atomic E-state index is 13.7. The number of hydrogen-bond donors (Lipinski definition) is 4. The maximum atomic E-state index is 13.7. The van der Waals surface area contributed by atoms with Crippen LogP contribution in [0.1, 0.15) is 49.7 Å². The van der Waals surface area contributed by atoms with Crippen molar-refractivity contribution in [1.29, 1.82) is 0 Å². The van der Waals surface area contributed by atoms with E-state index in [1.165, 1.54) is 22.5 Å². The van der Waals surface area contributed by atoms with Gasteiger partial charge < -0.3 is 25.4 Å². The maximum Gasteiger partial charge on any atom is 0.191 e. The number of anilines is 1. The Kier molecular flexibility index (Phi) is 7.14. The van der Waals surface area contributed by atoms with E-state index < -0.39 is 17.9 Å². The predicted molar refractivity (Wildman–Crippen MR) is 132 cm³/mol. The van der Waals surface area contributed by atoms with E-state index in [-0.39, 0.29) is 37.4 Å². The molecule has 3 aromatic rings. The van der Waals surface area contributed by atoms with Gasteiger partial charge in [-0.2, -0.15) is 4.68 Å². The van der Waals surface area contributed by atoms with Gasteiger partial charge in [-0.25, -0.2) is 14.4 Å². The average molecular weight is 519 g/mol. The molecule has 4 N–H and O–H groups in total. The molecule has 0 bridgehead atoms. The number of aryl methyl sites for hydroxylation is 1. The second-order valence-electron chi connectivity index (χ2n) is 9.47. The molecule has 10 nitrogen and oxygen atoms in total. The quantitative estimate of drug-likeness (QED) is 0.234. The fourth-order valence-electron chi connectivity index (χ4n) is 4.78. The minimum Gasteiger partial charge on any atom is -0.394 e. The smallest absolute Gasteiger partial charge is 0.191 e. The molecule has 2 aliphatic rings. The monoisotopic (exact) mass is 518 g/mol. The van der Waals surface area contributed by atoms with Crippen molar-refractivity contribution in [2.45, 2.75) is 74.6 Å². The van der Waals surface area contributed by atoms with E-state index in [9.17, 15) is 14.6 Å². The number of aromatic nitrogens is 5. The molecule has 2 fully saturated rings. The SMILES string of the molecule is CCCSc1nc(N[C@@H]2C[C@H]2c2ccc(F)c(C)c2)c2nnn([C@]3(O)CC[C@H](OCCO)[C@H]3O)c2n1. The highest BCUT2D eigenvalue weighted by Crippen LogP contribution is 2.44. The van der Waals surface area contributed by atoms with Crippen LogP contribution in [0.2, 0.25) is 0 Å². The number of aliphatic hydroxyl groups excluding tert-OH is 2. The summed E-state index contributed by atoms with van der Waals surface area (Å²) in [4.78, 5) is 9.31. The van der Waals surface area contributed by atoms with Crippen LogP contribution in [0.25, 0.3) is 11.2 Å². The highest BCUT2D eigenvalue weighted by molar-refractivity contribution is 7.99. The lowest BCUT2D eigenvalue weighted by molar-refractivity contribution is -0.154. The molecule has 2 aromatic heterocycles. The lowest BCUT2D eigenvalue weighted by atomic mass is 10.1. The summed E-state index contributed by atoms with van der Waals surface area (Å²) in [7, 11) is 0. The third kappa shape index (κ3) is 4.68. The molecule has 36 heavy (non-hydrogen) atoms. The number of ether oxygens (including phenoxy) is 1. The van der Waals surface area contributed by atoms with Crippen LogP contribution in [0, 0.1) is 12.7 Å². The van der Waals surface area contributed by atoms with Crippen molar-refractivity contribution in [3.05, 3.63) is 35.1 Å². The third-order valence-electron chi connectivity index (χ3n) is 6.85. The summed E-state index contributed by atoms with van der Waals surface area (Å²) in [6.07, 6.45) is 0.500. The third-order valence-corrected chi connectivity index (χ3v) is 7.90. The van der Waals surface area contributed by atoms with Gasteiger partial charge in [-0.3, -0.25) is 0 Å². The Morgan fingerprint density at radius 2 is 2.17 bits per heavy atom. The Bertz CT molecular complexity index is 1240. The summed E-state index contributed by atoms with van der Waals surface area (Å²) in [6.45, 7) is 3.72. The molecule has 0 spiro atoms. The molecule has 2 heterocycles. The summed E-state index contributed by atoms with van der Waals surface area (Å²) < 4.78 is 20.5. The van der Waals surface area contributed by atoms with Gasteiger partial charge in [0.2, 0.25) is 0 Å². The molecule has 194 valence electrons. The molecule has 0 radical (unpaired) electrons. The fourth-order valence-corrected chi connectivity index (χ4v) is 5.47. The van der Waals surface area contributed by atoms with Crippen molar-refractivity contribution in [3.8, 4) is 0 Å². The first-order valence-corrected chi connectivity index (χ1v) is 13.3. The average Bonchev–Trinajstić information content (AvgIpc) is 3.39. The molecule has 2 saturated carbocycles. The van der Waals surface area contributed by atoms with Gasteiger partial charge in [0.05, 0.1) is 19.3 Å². The molecule has 2 aliphatic carbocycles. The first kappa shape index (κ1) is 25.3. The molecule has 0 unspecified atom stereocenters. The molecule has 5 atom stereocenters. The zero-order valence-electron chi connectivity index (χ0n) is 20.3. The largest absolute Gasteiger partial charge is 0.394 e. The van der Waals surface area contributed by atoms with Crippen LogP contribution in [0.15, 0.2) is 23.4 Å². The van der Waals surface area contributed by atoms with Crippen molar-refractivity contribution in [2.75, 3.05) is 24.3 Å².